The van der Waals surface area contributed by atoms with E-state index in [1.54, 1.807) is 30.1 Å². The van der Waals surface area contributed by atoms with Gasteiger partial charge in [-0.05, 0) is 44.5 Å². The van der Waals surface area contributed by atoms with Crippen molar-refractivity contribution >= 4 is 17.2 Å². The third kappa shape index (κ3) is 5.56. The van der Waals surface area contributed by atoms with Gasteiger partial charge in [0.2, 0.25) is 11.8 Å². The van der Waals surface area contributed by atoms with E-state index < -0.39 is 0 Å². The molecule has 1 aliphatic carbocycles. The van der Waals surface area contributed by atoms with Gasteiger partial charge in [0.15, 0.2) is 11.6 Å². The molecule has 0 aliphatic heterocycles. The van der Waals surface area contributed by atoms with Crippen LogP contribution >= 0.6 is 0 Å². The van der Waals surface area contributed by atoms with Crippen molar-refractivity contribution in [2.75, 3.05) is 32.1 Å². The monoisotopic (exact) mass is 504 g/mol. The smallest absolute Gasteiger partial charge is 0.229 e. The molecule has 0 spiro atoms. The number of ether oxygens (including phenoxy) is 2. The Morgan fingerprint density at radius 1 is 1.24 bits per heavy atom. The average molecular weight is 505 g/mol. The number of hydrogen-bond acceptors (Lipinski definition) is 8. The van der Waals surface area contributed by atoms with Crippen LogP contribution in [0.4, 0.5) is 5.82 Å². The molecule has 11 nitrogen and oxygen atoms in total. The molecule has 2 atom stereocenters. The van der Waals surface area contributed by atoms with Gasteiger partial charge in [0.1, 0.15) is 11.5 Å². The van der Waals surface area contributed by atoms with Crippen molar-refractivity contribution in [2.45, 2.75) is 32.1 Å². The number of hydrogen-bond donors (Lipinski definition) is 2. The zero-order valence-corrected chi connectivity index (χ0v) is 21.3. The lowest BCUT2D eigenvalue weighted by atomic mass is 10.1. The third-order valence-corrected chi connectivity index (χ3v) is 6.47. The number of methoxy groups -OCH3 is 1. The number of rotatable bonds is 12. The number of anilines is 1. The molecule has 5 rings (SSSR count). The maximum atomic E-state index is 12.8. The third-order valence-electron chi connectivity index (χ3n) is 6.47. The lowest BCUT2D eigenvalue weighted by molar-refractivity contribution is -0.117. The van der Waals surface area contributed by atoms with Gasteiger partial charge in [0.25, 0.3) is 0 Å². The topological polar surface area (TPSA) is 120 Å². The fraction of sp³-hybridized carbons (Fsp3) is 0.423. The summed E-state index contributed by atoms with van der Waals surface area (Å²) in [5, 5.41) is 15.2. The summed E-state index contributed by atoms with van der Waals surface area (Å²) in [5.41, 5.74) is 2.72. The summed E-state index contributed by atoms with van der Waals surface area (Å²) in [4.78, 5) is 21.5. The van der Waals surface area contributed by atoms with E-state index in [2.05, 4.69) is 37.7 Å². The Morgan fingerprint density at radius 3 is 2.97 bits per heavy atom. The predicted octanol–water partition coefficient (Wildman–Crippen LogP) is 3.04. The summed E-state index contributed by atoms with van der Waals surface area (Å²) in [7, 11) is 3.46. The van der Waals surface area contributed by atoms with Crippen molar-refractivity contribution in [3.05, 3.63) is 48.7 Å². The Labute approximate surface area is 215 Å². The number of fused-ring (bicyclic) bond motifs is 1. The van der Waals surface area contributed by atoms with Crippen molar-refractivity contribution in [2.24, 2.45) is 13.0 Å². The van der Waals surface area contributed by atoms with Gasteiger partial charge in [0, 0.05) is 49.0 Å². The fourth-order valence-corrected chi connectivity index (χ4v) is 4.40. The van der Waals surface area contributed by atoms with Crippen LogP contribution in [0.2, 0.25) is 0 Å². The standard InChI is InChI=1S/C26H32N8O3/c1-4-27-9-5-6-12-37-21-16-29-33(2)24(21)17-8-11-34-18(13-17)14-22(32-34)30-26(35)20-15-19(20)25-28-10-7-23(31-25)36-3/h7-8,10-11,13-14,16,19-20,27H,4-6,9,12,15H2,1-3H3,(H,30,32,35). The van der Waals surface area contributed by atoms with E-state index >= 15 is 0 Å². The van der Waals surface area contributed by atoms with Crippen LogP contribution in [0.3, 0.4) is 0 Å². The molecule has 1 fully saturated rings. The molecule has 194 valence electrons. The Hall–Kier alpha value is -3.99. The van der Waals surface area contributed by atoms with Crippen molar-refractivity contribution in [1.29, 1.82) is 0 Å². The molecule has 2 N–H and O–H groups in total. The van der Waals surface area contributed by atoms with Crippen molar-refractivity contribution < 1.29 is 14.3 Å². The molecule has 0 bridgehead atoms. The number of unbranched alkanes of at least 4 members (excludes halogenated alkanes) is 1. The highest BCUT2D eigenvalue weighted by molar-refractivity contribution is 5.95. The SMILES string of the molecule is CCNCCCCOc1cnn(C)c1-c1ccn2nc(NC(=O)C3CC3c3nccc(OC)n3)cc2c1. The highest BCUT2D eigenvalue weighted by Gasteiger charge is 2.46. The Bertz CT molecular complexity index is 1380. The first kappa shape index (κ1) is 24.7. The Morgan fingerprint density at radius 2 is 2.14 bits per heavy atom. The van der Waals surface area contributed by atoms with Crippen LogP contribution in [-0.2, 0) is 11.8 Å². The van der Waals surface area contributed by atoms with E-state index in [0.717, 1.165) is 48.5 Å². The molecule has 1 saturated carbocycles. The summed E-state index contributed by atoms with van der Waals surface area (Å²) in [6.45, 7) is 4.72. The Balaban J connectivity index is 1.24. The summed E-state index contributed by atoms with van der Waals surface area (Å²) >= 11 is 0. The quantitative estimate of drug-likeness (QED) is 0.283. The first-order chi connectivity index (χ1) is 18.1. The second kappa shape index (κ2) is 11.0. The van der Waals surface area contributed by atoms with Gasteiger partial charge in [-0.1, -0.05) is 6.92 Å². The van der Waals surface area contributed by atoms with E-state index in [4.69, 9.17) is 9.47 Å². The lowest BCUT2D eigenvalue weighted by Crippen LogP contribution is -2.15. The highest BCUT2D eigenvalue weighted by Crippen LogP contribution is 2.46. The fourth-order valence-electron chi connectivity index (χ4n) is 4.40. The number of aromatic nitrogens is 6. The number of carbonyl (C=O) groups excluding carboxylic acids is 1. The molecule has 1 aliphatic rings. The van der Waals surface area contributed by atoms with Gasteiger partial charge in [-0.25, -0.2) is 9.50 Å². The molecular weight excluding hydrogens is 472 g/mol. The predicted molar refractivity (Wildman–Crippen MR) is 139 cm³/mol. The van der Waals surface area contributed by atoms with E-state index in [-0.39, 0.29) is 17.7 Å². The van der Waals surface area contributed by atoms with E-state index in [0.29, 0.717) is 30.5 Å². The first-order valence-electron chi connectivity index (χ1n) is 12.6. The van der Waals surface area contributed by atoms with Crippen LogP contribution in [0.15, 0.2) is 42.9 Å². The molecule has 37 heavy (non-hydrogen) atoms. The zero-order valence-electron chi connectivity index (χ0n) is 21.3. The lowest BCUT2D eigenvalue weighted by Gasteiger charge is -2.09. The second-order valence-electron chi connectivity index (χ2n) is 9.10. The van der Waals surface area contributed by atoms with Crippen LogP contribution in [0.25, 0.3) is 16.8 Å². The van der Waals surface area contributed by atoms with E-state index in [9.17, 15) is 4.79 Å². The van der Waals surface area contributed by atoms with Gasteiger partial charge < -0.3 is 20.1 Å². The van der Waals surface area contributed by atoms with Crippen molar-refractivity contribution in [3.8, 4) is 22.9 Å². The van der Waals surface area contributed by atoms with E-state index in [1.807, 2.05) is 36.1 Å². The number of aryl methyl sites for hydroxylation is 1. The van der Waals surface area contributed by atoms with Gasteiger partial charge in [0.05, 0.1) is 25.4 Å². The second-order valence-corrected chi connectivity index (χ2v) is 9.10. The number of nitrogens with one attached hydrogen (secondary N) is 2. The molecule has 0 saturated heterocycles. The minimum Gasteiger partial charge on any atom is -0.490 e. The first-order valence-corrected chi connectivity index (χ1v) is 12.6. The minimum atomic E-state index is -0.181. The number of carbonyl (C=O) groups is 1. The molecular formula is C26H32N8O3. The molecule has 0 aromatic carbocycles. The van der Waals surface area contributed by atoms with Crippen LogP contribution < -0.4 is 20.1 Å². The summed E-state index contributed by atoms with van der Waals surface area (Å²) in [6, 6.07) is 7.54. The van der Waals surface area contributed by atoms with Crippen molar-refractivity contribution in [1.82, 2.24) is 34.7 Å². The van der Waals surface area contributed by atoms with Gasteiger partial charge >= 0.3 is 0 Å². The summed E-state index contributed by atoms with van der Waals surface area (Å²) < 4.78 is 14.8. The van der Waals surface area contributed by atoms with Crippen LogP contribution in [0, 0.1) is 5.92 Å². The molecule has 2 unspecified atom stereocenters. The molecule has 4 aromatic heterocycles. The highest BCUT2D eigenvalue weighted by atomic mass is 16.5. The average Bonchev–Trinajstić information content (AvgIpc) is 3.50. The normalized spacial score (nSPS) is 16.6. The minimum absolute atomic E-state index is 0.00935. The maximum absolute atomic E-state index is 12.8. The largest absolute Gasteiger partial charge is 0.490 e. The van der Waals surface area contributed by atoms with Crippen LogP contribution in [0.5, 0.6) is 11.6 Å². The summed E-state index contributed by atoms with van der Waals surface area (Å²) in [6.07, 6.45) is 8.01. The molecule has 11 heteroatoms. The number of pyridine rings is 1. The van der Waals surface area contributed by atoms with Crippen LogP contribution in [0.1, 0.15) is 37.9 Å². The summed E-state index contributed by atoms with van der Waals surface area (Å²) in [5.74, 6) is 2.11. The molecule has 1 amide bonds. The van der Waals surface area contributed by atoms with E-state index in [1.165, 1.54) is 0 Å². The molecule has 4 aromatic rings. The number of nitrogens with zero attached hydrogens (tertiary/aromatic N) is 6. The maximum Gasteiger partial charge on any atom is 0.229 e. The van der Waals surface area contributed by atoms with Gasteiger partial charge in [-0.2, -0.15) is 15.2 Å². The van der Waals surface area contributed by atoms with Crippen LogP contribution in [-0.4, -0.2) is 62.1 Å². The Kier molecular flexibility index (Phi) is 7.31. The zero-order chi connectivity index (χ0) is 25.8. The van der Waals surface area contributed by atoms with Gasteiger partial charge in [-0.15, -0.1) is 0 Å². The number of amides is 1. The van der Waals surface area contributed by atoms with Crippen molar-refractivity contribution in [3.63, 3.8) is 0 Å². The molecule has 4 heterocycles. The van der Waals surface area contributed by atoms with Gasteiger partial charge in [-0.3, -0.25) is 9.48 Å². The molecule has 0 radical (unpaired) electrons.